The summed E-state index contributed by atoms with van der Waals surface area (Å²) in [5, 5.41) is 15.4. The van der Waals surface area contributed by atoms with Gasteiger partial charge in [-0.2, -0.15) is 0 Å². The minimum absolute atomic E-state index is 0.667. The number of aryl methyl sites for hydroxylation is 1. The van der Waals surface area contributed by atoms with E-state index in [4.69, 9.17) is 0 Å². The van der Waals surface area contributed by atoms with E-state index in [0.29, 0.717) is 18.8 Å². The lowest BCUT2D eigenvalue weighted by Gasteiger charge is -2.38. The molecule has 28 heavy (non-hydrogen) atoms. The minimum atomic E-state index is -0.777. The quantitative estimate of drug-likeness (QED) is 0.711. The molecule has 0 bridgehead atoms. The molecule has 146 valence electrons. The third-order valence-corrected chi connectivity index (χ3v) is 5.50. The fourth-order valence-electron chi connectivity index (χ4n) is 3.83. The van der Waals surface area contributed by atoms with Crippen LogP contribution >= 0.6 is 0 Å². The number of nitrogens with zero attached hydrogens (tertiary/aromatic N) is 4. The zero-order valence-electron chi connectivity index (χ0n) is 16.5. The van der Waals surface area contributed by atoms with Crippen LogP contribution in [-0.2, 0) is 12.1 Å². The Hall–Kier alpha value is -2.57. The minimum Gasteiger partial charge on any atom is -0.385 e. The van der Waals surface area contributed by atoms with Gasteiger partial charge >= 0.3 is 0 Å². The molecule has 6 nitrogen and oxygen atoms in total. The number of anilines is 1. The lowest BCUT2D eigenvalue weighted by molar-refractivity contribution is -0.0276. The Morgan fingerprint density at radius 3 is 2.57 bits per heavy atom. The van der Waals surface area contributed by atoms with Gasteiger partial charge in [0.25, 0.3) is 0 Å². The average molecular weight is 377 g/mol. The van der Waals surface area contributed by atoms with Crippen LogP contribution in [0, 0.1) is 6.92 Å². The first-order valence-corrected chi connectivity index (χ1v) is 9.93. The van der Waals surface area contributed by atoms with E-state index in [9.17, 15) is 5.11 Å². The van der Waals surface area contributed by atoms with E-state index in [2.05, 4.69) is 37.3 Å². The first-order valence-electron chi connectivity index (χ1n) is 9.93. The van der Waals surface area contributed by atoms with Crippen LogP contribution in [0.15, 0.2) is 42.7 Å². The van der Waals surface area contributed by atoms with E-state index in [1.165, 1.54) is 0 Å². The van der Waals surface area contributed by atoms with Gasteiger partial charge in [0.1, 0.15) is 0 Å². The molecule has 1 saturated heterocycles. The molecule has 0 spiro atoms. The number of rotatable bonds is 5. The largest absolute Gasteiger partial charge is 0.385 e. The molecule has 0 amide bonds. The molecule has 6 heteroatoms. The van der Waals surface area contributed by atoms with Crippen LogP contribution in [0.2, 0.25) is 0 Å². The molecule has 1 aliphatic heterocycles. The average Bonchev–Trinajstić information content (AvgIpc) is 2.71. The lowest BCUT2D eigenvalue weighted by atomic mass is 9.84. The van der Waals surface area contributed by atoms with Gasteiger partial charge in [0, 0.05) is 55.2 Å². The molecule has 0 atom stereocenters. The van der Waals surface area contributed by atoms with Crippen molar-refractivity contribution in [3.63, 3.8) is 0 Å². The SMILES string of the molecule is CCNc1ncc(CN2CCC(O)(c3ccc4nc(C)ccc4c3)CC2)cn1. The first kappa shape index (κ1) is 18.8. The number of hydrogen-bond donors (Lipinski definition) is 2. The van der Waals surface area contributed by atoms with Gasteiger partial charge < -0.3 is 10.4 Å². The van der Waals surface area contributed by atoms with Crippen LogP contribution in [-0.4, -0.2) is 44.6 Å². The van der Waals surface area contributed by atoms with Crippen molar-refractivity contribution in [1.82, 2.24) is 19.9 Å². The maximum atomic E-state index is 11.3. The Morgan fingerprint density at radius 1 is 1.11 bits per heavy atom. The summed E-state index contributed by atoms with van der Waals surface area (Å²) >= 11 is 0. The van der Waals surface area contributed by atoms with Gasteiger partial charge in [-0.25, -0.2) is 9.97 Å². The Labute approximate surface area is 165 Å². The molecular formula is C22H27N5O. The molecule has 1 fully saturated rings. The van der Waals surface area contributed by atoms with E-state index >= 15 is 0 Å². The van der Waals surface area contributed by atoms with E-state index in [-0.39, 0.29) is 0 Å². The van der Waals surface area contributed by atoms with Crippen LogP contribution in [0.25, 0.3) is 10.9 Å². The van der Waals surface area contributed by atoms with Crippen molar-refractivity contribution < 1.29 is 5.11 Å². The van der Waals surface area contributed by atoms with Crippen molar-refractivity contribution in [3.8, 4) is 0 Å². The molecule has 1 aliphatic rings. The zero-order chi connectivity index (χ0) is 19.6. The smallest absolute Gasteiger partial charge is 0.222 e. The van der Waals surface area contributed by atoms with Crippen molar-refractivity contribution >= 4 is 16.9 Å². The van der Waals surface area contributed by atoms with E-state index < -0.39 is 5.60 Å². The number of benzene rings is 1. The van der Waals surface area contributed by atoms with E-state index in [1.54, 1.807) is 0 Å². The third-order valence-electron chi connectivity index (χ3n) is 5.50. The van der Waals surface area contributed by atoms with Gasteiger partial charge in [0.05, 0.1) is 11.1 Å². The fourth-order valence-corrected chi connectivity index (χ4v) is 3.83. The molecule has 0 unspecified atom stereocenters. The lowest BCUT2D eigenvalue weighted by Crippen LogP contribution is -2.42. The number of aromatic nitrogens is 3. The van der Waals surface area contributed by atoms with E-state index in [0.717, 1.165) is 53.9 Å². The highest BCUT2D eigenvalue weighted by Gasteiger charge is 2.34. The molecular weight excluding hydrogens is 350 g/mol. The second kappa shape index (κ2) is 7.81. The number of nitrogens with one attached hydrogen (secondary N) is 1. The highest BCUT2D eigenvalue weighted by atomic mass is 16.3. The van der Waals surface area contributed by atoms with Gasteiger partial charge in [-0.3, -0.25) is 9.88 Å². The van der Waals surface area contributed by atoms with Crippen molar-refractivity contribution in [1.29, 1.82) is 0 Å². The summed E-state index contributed by atoms with van der Waals surface area (Å²) in [5.74, 6) is 0.667. The maximum Gasteiger partial charge on any atom is 0.222 e. The van der Waals surface area contributed by atoms with Crippen LogP contribution < -0.4 is 5.32 Å². The molecule has 0 radical (unpaired) electrons. The van der Waals surface area contributed by atoms with Crippen molar-refractivity contribution in [2.45, 2.75) is 38.8 Å². The number of pyridine rings is 1. The molecule has 2 aromatic heterocycles. The summed E-state index contributed by atoms with van der Waals surface area (Å²) < 4.78 is 0. The number of likely N-dealkylation sites (tertiary alicyclic amines) is 1. The topological polar surface area (TPSA) is 74.2 Å². The van der Waals surface area contributed by atoms with Crippen molar-refractivity contribution in [2.75, 3.05) is 25.0 Å². The predicted octanol–water partition coefficient (Wildman–Crippen LogP) is 3.25. The second-order valence-electron chi connectivity index (χ2n) is 7.61. The van der Waals surface area contributed by atoms with Crippen LogP contribution in [0.1, 0.15) is 36.6 Å². The monoisotopic (exact) mass is 377 g/mol. The molecule has 4 rings (SSSR count). The summed E-state index contributed by atoms with van der Waals surface area (Å²) in [6.07, 6.45) is 5.19. The molecule has 1 aromatic carbocycles. The van der Waals surface area contributed by atoms with Crippen LogP contribution in [0.5, 0.6) is 0 Å². The van der Waals surface area contributed by atoms with Crippen LogP contribution in [0.3, 0.4) is 0 Å². The summed E-state index contributed by atoms with van der Waals surface area (Å²) in [6, 6.07) is 10.2. The van der Waals surface area contributed by atoms with Gasteiger partial charge in [-0.15, -0.1) is 0 Å². The highest BCUT2D eigenvalue weighted by Crippen LogP contribution is 2.34. The highest BCUT2D eigenvalue weighted by molar-refractivity contribution is 5.79. The zero-order valence-corrected chi connectivity index (χ0v) is 16.5. The molecule has 0 saturated carbocycles. The van der Waals surface area contributed by atoms with Crippen molar-refractivity contribution in [2.24, 2.45) is 0 Å². The van der Waals surface area contributed by atoms with Crippen molar-refractivity contribution in [3.05, 3.63) is 59.5 Å². The van der Waals surface area contributed by atoms with Gasteiger partial charge in [0.15, 0.2) is 0 Å². The summed E-state index contributed by atoms with van der Waals surface area (Å²) in [5.41, 5.74) is 3.30. The van der Waals surface area contributed by atoms with Crippen LogP contribution in [0.4, 0.5) is 5.95 Å². The summed E-state index contributed by atoms with van der Waals surface area (Å²) in [7, 11) is 0. The molecule has 2 N–H and O–H groups in total. The van der Waals surface area contributed by atoms with Gasteiger partial charge in [0.2, 0.25) is 5.95 Å². The number of piperidine rings is 1. The molecule has 0 aliphatic carbocycles. The second-order valence-corrected chi connectivity index (χ2v) is 7.61. The Kier molecular flexibility index (Phi) is 5.24. The van der Waals surface area contributed by atoms with E-state index in [1.807, 2.05) is 44.4 Å². The Morgan fingerprint density at radius 2 is 1.86 bits per heavy atom. The first-order chi connectivity index (χ1) is 13.6. The Balaban J connectivity index is 1.41. The standard InChI is InChI=1S/C22H27N5O/c1-3-23-21-24-13-17(14-25-21)15-27-10-8-22(28,9-11-27)19-6-7-20-18(12-19)5-4-16(2)26-20/h4-7,12-14,28H,3,8-11,15H2,1-2H3,(H,23,24,25). The number of fused-ring (bicyclic) bond motifs is 1. The molecule has 3 aromatic rings. The normalized spacial score (nSPS) is 17.0. The number of aliphatic hydroxyl groups is 1. The summed E-state index contributed by atoms with van der Waals surface area (Å²) in [6.45, 7) is 7.33. The predicted molar refractivity (Wildman–Crippen MR) is 111 cm³/mol. The Bertz CT molecular complexity index is 949. The van der Waals surface area contributed by atoms with Gasteiger partial charge in [-0.05, 0) is 50.5 Å². The van der Waals surface area contributed by atoms with Gasteiger partial charge in [-0.1, -0.05) is 12.1 Å². The number of hydrogen-bond acceptors (Lipinski definition) is 6. The fraction of sp³-hybridized carbons (Fsp3) is 0.409. The molecule has 3 heterocycles. The maximum absolute atomic E-state index is 11.3. The summed E-state index contributed by atoms with van der Waals surface area (Å²) in [4.78, 5) is 15.6. The third kappa shape index (κ3) is 3.98.